The molecule has 16 heavy (non-hydrogen) atoms. The zero-order valence-electron chi connectivity index (χ0n) is 10.3. The number of rotatable bonds is 2. The average Bonchev–Trinajstić information content (AvgIpc) is 2.28. The van der Waals surface area contributed by atoms with Crippen LogP contribution in [0.4, 0.5) is 5.69 Å². The van der Waals surface area contributed by atoms with Crippen molar-refractivity contribution in [2.75, 3.05) is 11.9 Å². The maximum atomic E-state index is 6.04. The quantitative estimate of drug-likeness (QED) is 0.827. The summed E-state index contributed by atoms with van der Waals surface area (Å²) in [5.74, 6) is 0. The zero-order chi connectivity index (χ0) is 11.5. The Morgan fingerprint density at radius 2 is 2.12 bits per heavy atom. The molecule has 1 aliphatic rings. The van der Waals surface area contributed by atoms with Crippen LogP contribution in [0.1, 0.15) is 31.2 Å². The van der Waals surface area contributed by atoms with Crippen molar-refractivity contribution in [1.82, 2.24) is 0 Å². The minimum absolute atomic E-state index is 0.394. The zero-order valence-corrected chi connectivity index (χ0v) is 10.3. The number of hydrogen-bond acceptors (Lipinski definition) is 2. The largest absolute Gasteiger partial charge is 0.372 e. The van der Waals surface area contributed by atoms with Gasteiger partial charge in [-0.3, -0.25) is 0 Å². The summed E-state index contributed by atoms with van der Waals surface area (Å²) in [7, 11) is 2.19. The molecule has 0 bridgehead atoms. The molecule has 0 heterocycles. The third kappa shape index (κ3) is 2.56. The van der Waals surface area contributed by atoms with E-state index < -0.39 is 0 Å². The Morgan fingerprint density at radius 1 is 1.31 bits per heavy atom. The van der Waals surface area contributed by atoms with Crippen LogP contribution in [0, 0.1) is 6.92 Å². The Balaban J connectivity index is 2.09. The molecule has 2 rings (SSSR count). The van der Waals surface area contributed by atoms with Gasteiger partial charge in [-0.1, -0.05) is 12.1 Å². The molecule has 0 saturated heterocycles. The summed E-state index contributed by atoms with van der Waals surface area (Å²) < 4.78 is 0. The Labute approximate surface area is 98.4 Å². The van der Waals surface area contributed by atoms with Crippen molar-refractivity contribution in [2.24, 2.45) is 5.73 Å². The van der Waals surface area contributed by atoms with Gasteiger partial charge in [-0.15, -0.1) is 0 Å². The Hall–Kier alpha value is -1.02. The van der Waals surface area contributed by atoms with E-state index in [0.29, 0.717) is 12.1 Å². The standard InChI is InChI=1S/C14H22N2/c1-11-5-3-7-13(9-11)16(2)14-8-4-6-12(15)10-14/h3,5,7,9,12,14H,4,6,8,10,15H2,1-2H3. The van der Waals surface area contributed by atoms with Gasteiger partial charge in [-0.25, -0.2) is 0 Å². The van der Waals surface area contributed by atoms with Gasteiger partial charge in [0.2, 0.25) is 0 Å². The number of hydrogen-bond donors (Lipinski definition) is 1. The molecule has 2 N–H and O–H groups in total. The maximum Gasteiger partial charge on any atom is 0.0368 e. The Morgan fingerprint density at radius 3 is 2.81 bits per heavy atom. The number of aryl methyl sites for hydroxylation is 1. The fourth-order valence-electron chi connectivity index (χ4n) is 2.61. The number of benzene rings is 1. The molecule has 88 valence electrons. The second-order valence-corrected chi connectivity index (χ2v) is 5.03. The highest BCUT2D eigenvalue weighted by atomic mass is 15.1. The lowest BCUT2D eigenvalue weighted by Gasteiger charge is -2.35. The first-order chi connectivity index (χ1) is 7.66. The smallest absolute Gasteiger partial charge is 0.0368 e. The third-order valence-electron chi connectivity index (χ3n) is 3.64. The van der Waals surface area contributed by atoms with E-state index in [9.17, 15) is 0 Å². The van der Waals surface area contributed by atoms with Crippen molar-refractivity contribution in [3.05, 3.63) is 29.8 Å². The van der Waals surface area contributed by atoms with Crippen LogP contribution in [0.25, 0.3) is 0 Å². The van der Waals surface area contributed by atoms with Gasteiger partial charge in [0.15, 0.2) is 0 Å². The summed E-state index contributed by atoms with van der Waals surface area (Å²) in [5.41, 5.74) is 8.69. The second-order valence-electron chi connectivity index (χ2n) is 5.03. The van der Waals surface area contributed by atoms with Crippen molar-refractivity contribution < 1.29 is 0 Å². The van der Waals surface area contributed by atoms with Crippen LogP contribution in [-0.4, -0.2) is 19.1 Å². The van der Waals surface area contributed by atoms with Gasteiger partial charge < -0.3 is 10.6 Å². The fraction of sp³-hybridized carbons (Fsp3) is 0.571. The van der Waals surface area contributed by atoms with Gasteiger partial charge in [-0.05, 0) is 50.3 Å². The molecular weight excluding hydrogens is 196 g/mol. The van der Waals surface area contributed by atoms with E-state index in [4.69, 9.17) is 5.73 Å². The van der Waals surface area contributed by atoms with Gasteiger partial charge in [0.25, 0.3) is 0 Å². The van der Waals surface area contributed by atoms with Crippen LogP contribution in [0.15, 0.2) is 24.3 Å². The van der Waals surface area contributed by atoms with E-state index >= 15 is 0 Å². The van der Waals surface area contributed by atoms with E-state index in [1.807, 2.05) is 0 Å². The summed E-state index contributed by atoms with van der Waals surface area (Å²) in [5, 5.41) is 0. The Kier molecular flexibility index (Phi) is 3.49. The molecule has 2 heteroatoms. The molecule has 2 nitrogen and oxygen atoms in total. The van der Waals surface area contributed by atoms with Crippen LogP contribution in [0.2, 0.25) is 0 Å². The SMILES string of the molecule is Cc1cccc(N(C)C2CCCC(N)C2)c1. The molecule has 0 spiro atoms. The normalized spacial score (nSPS) is 25.4. The first kappa shape index (κ1) is 11.5. The molecule has 0 aliphatic heterocycles. The summed E-state index contributed by atoms with van der Waals surface area (Å²) in [4.78, 5) is 2.39. The van der Waals surface area contributed by atoms with Crippen LogP contribution in [0.3, 0.4) is 0 Å². The number of nitrogens with two attached hydrogens (primary N) is 1. The maximum absolute atomic E-state index is 6.04. The van der Waals surface area contributed by atoms with Crippen molar-refractivity contribution in [2.45, 2.75) is 44.7 Å². The van der Waals surface area contributed by atoms with Crippen molar-refractivity contribution in [3.8, 4) is 0 Å². The second kappa shape index (κ2) is 4.88. The lowest BCUT2D eigenvalue weighted by Crippen LogP contribution is -2.40. The van der Waals surface area contributed by atoms with E-state index in [-0.39, 0.29) is 0 Å². The molecule has 1 aromatic carbocycles. The monoisotopic (exact) mass is 218 g/mol. The van der Waals surface area contributed by atoms with E-state index in [2.05, 4.69) is 43.1 Å². The van der Waals surface area contributed by atoms with Crippen molar-refractivity contribution >= 4 is 5.69 Å². The van der Waals surface area contributed by atoms with Gasteiger partial charge in [0.05, 0.1) is 0 Å². The number of nitrogens with zero attached hydrogens (tertiary/aromatic N) is 1. The lowest BCUT2D eigenvalue weighted by atomic mass is 9.90. The van der Waals surface area contributed by atoms with Crippen molar-refractivity contribution in [3.63, 3.8) is 0 Å². The molecule has 2 atom stereocenters. The predicted octanol–water partition coefficient (Wildman–Crippen LogP) is 2.70. The van der Waals surface area contributed by atoms with Crippen LogP contribution in [-0.2, 0) is 0 Å². The first-order valence-corrected chi connectivity index (χ1v) is 6.22. The van der Waals surface area contributed by atoms with Crippen molar-refractivity contribution in [1.29, 1.82) is 0 Å². The molecule has 2 unspecified atom stereocenters. The highest BCUT2D eigenvalue weighted by Gasteiger charge is 2.22. The minimum Gasteiger partial charge on any atom is -0.372 e. The molecule has 1 fully saturated rings. The summed E-state index contributed by atoms with van der Waals surface area (Å²) >= 11 is 0. The fourth-order valence-corrected chi connectivity index (χ4v) is 2.61. The van der Waals surface area contributed by atoms with Crippen LogP contribution < -0.4 is 10.6 Å². The van der Waals surface area contributed by atoms with Crippen LogP contribution >= 0.6 is 0 Å². The molecule has 1 aliphatic carbocycles. The molecular formula is C14H22N2. The predicted molar refractivity (Wildman–Crippen MR) is 69.8 cm³/mol. The molecule has 1 aromatic rings. The molecule has 0 aromatic heterocycles. The average molecular weight is 218 g/mol. The van der Waals surface area contributed by atoms with Gasteiger partial charge in [0.1, 0.15) is 0 Å². The highest BCUT2D eigenvalue weighted by molar-refractivity contribution is 5.48. The molecule has 1 saturated carbocycles. The van der Waals surface area contributed by atoms with Gasteiger partial charge in [0, 0.05) is 24.8 Å². The molecule has 0 amide bonds. The molecule has 0 radical (unpaired) electrons. The van der Waals surface area contributed by atoms with Crippen LogP contribution in [0.5, 0.6) is 0 Å². The third-order valence-corrected chi connectivity index (χ3v) is 3.64. The summed E-state index contributed by atoms with van der Waals surface area (Å²) in [6, 6.07) is 9.72. The first-order valence-electron chi connectivity index (χ1n) is 6.22. The number of anilines is 1. The lowest BCUT2D eigenvalue weighted by molar-refractivity contribution is 0.382. The topological polar surface area (TPSA) is 29.3 Å². The summed E-state index contributed by atoms with van der Waals surface area (Å²) in [6.07, 6.45) is 4.86. The van der Waals surface area contributed by atoms with E-state index in [0.717, 1.165) is 6.42 Å². The van der Waals surface area contributed by atoms with E-state index in [1.165, 1.54) is 30.5 Å². The van der Waals surface area contributed by atoms with Gasteiger partial charge >= 0.3 is 0 Å². The van der Waals surface area contributed by atoms with E-state index in [1.54, 1.807) is 0 Å². The minimum atomic E-state index is 0.394. The Bertz CT molecular complexity index is 348. The highest BCUT2D eigenvalue weighted by Crippen LogP contribution is 2.25. The summed E-state index contributed by atoms with van der Waals surface area (Å²) in [6.45, 7) is 2.14. The van der Waals surface area contributed by atoms with Gasteiger partial charge in [-0.2, -0.15) is 0 Å².